The third kappa shape index (κ3) is 5.23. The molecule has 1 aromatic heterocycles. The first-order chi connectivity index (χ1) is 8.67. The molecular formula is C15H28N2O. The quantitative estimate of drug-likeness (QED) is 0.683. The molecule has 104 valence electrons. The van der Waals surface area contributed by atoms with Gasteiger partial charge in [-0.25, -0.2) is 0 Å². The minimum atomic E-state index is 0.613. The van der Waals surface area contributed by atoms with Crippen molar-refractivity contribution in [2.75, 3.05) is 13.6 Å². The Balaban J connectivity index is 2.38. The van der Waals surface area contributed by atoms with Crippen molar-refractivity contribution in [2.45, 2.75) is 59.2 Å². The van der Waals surface area contributed by atoms with E-state index in [1.807, 2.05) is 0 Å². The molecule has 0 bridgehead atoms. The number of nitrogens with zero attached hydrogens (tertiary/aromatic N) is 1. The highest BCUT2D eigenvalue weighted by atomic mass is 16.3. The molecule has 3 heteroatoms. The Kier molecular flexibility index (Phi) is 7.06. The number of rotatable bonds is 9. The Bertz CT molecular complexity index is 322. The smallest absolute Gasteiger partial charge is 0.118 e. The van der Waals surface area contributed by atoms with E-state index in [0.29, 0.717) is 6.04 Å². The summed E-state index contributed by atoms with van der Waals surface area (Å²) in [6.45, 7) is 9.45. The van der Waals surface area contributed by atoms with Crippen LogP contribution >= 0.6 is 0 Å². The summed E-state index contributed by atoms with van der Waals surface area (Å²) in [5.41, 5.74) is 0. The topological polar surface area (TPSA) is 28.4 Å². The Hall–Kier alpha value is -0.800. The van der Waals surface area contributed by atoms with Crippen LogP contribution < -0.4 is 5.32 Å². The molecule has 0 aromatic carbocycles. The lowest BCUT2D eigenvalue weighted by Gasteiger charge is -2.23. The summed E-state index contributed by atoms with van der Waals surface area (Å²) in [5, 5.41) is 3.35. The second kappa shape index (κ2) is 8.33. The van der Waals surface area contributed by atoms with E-state index in [4.69, 9.17) is 4.42 Å². The number of hydrogen-bond acceptors (Lipinski definition) is 3. The van der Waals surface area contributed by atoms with Gasteiger partial charge < -0.3 is 9.73 Å². The third-order valence-corrected chi connectivity index (χ3v) is 3.31. The van der Waals surface area contributed by atoms with Crippen molar-refractivity contribution in [3.8, 4) is 0 Å². The minimum absolute atomic E-state index is 0.613. The van der Waals surface area contributed by atoms with E-state index in [9.17, 15) is 0 Å². The van der Waals surface area contributed by atoms with Gasteiger partial charge in [-0.05, 0) is 45.5 Å². The predicted molar refractivity (Wildman–Crippen MR) is 76.5 cm³/mol. The molecular weight excluding hydrogens is 224 g/mol. The molecule has 1 unspecified atom stereocenters. The van der Waals surface area contributed by atoms with Crippen LogP contribution in [0.15, 0.2) is 16.5 Å². The van der Waals surface area contributed by atoms with Gasteiger partial charge in [-0.15, -0.1) is 0 Å². The normalized spacial score (nSPS) is 13.2. The van der Waals surface area contributed by atoms with Gasteiger partial charge in [0.1, 0.15) is 11.5 Å². The van der Waals surface area contributed by atoms with Crippen LogP contribution in [0.3, 0.4) is 0 Å². The summed E-state index contributed by atoms with van der Waals surface area (Å²) in [4.78, 5) is 2.35. The van der Waals surface area contributed by atoms with Crippen molar-refractivity contribution in [1.82, 2.24) is 10.2 Å². The average molecular weight is 252 g/mol. The molecule has 0 fully saturated rings. The van der Waals surface area contributed by atoms with Crippen LogP contribution in [0, 0.1) is 0 Å². The third-order valence-electron chi connectivity index (χ3n) is 3.31. The highest BCUT2D eigenvalue weighted by molar-refractivity contribution is 5.07. The maximum atomic E-state index is 5.83. The zero-order chi connectivity index (χ0) is 13.4. The monoisotopic (exact) mass is 252 g/mol. The van der Waals surface area contributed by atoms with Crippen LogP contribution in [0.1, 0.15) is 51.6 Å². The Morgan fingerprint density at radius 1 is 1.22 bits per heavy atom. The number of furan rings is 1. The van der Waals surface area contributed by atoms with Crippen LogP contribution in [0.25, 0.3) is 0 Å². The fourth-order valence-corrected chi connectivity index (χ4v) is 2.03. The molecule has 0 aliphatic rings. The van der Waals surface area contributed by atoms with Gasteiger partial charge in [0.05, 0.1) is 13.1 Å². The number of hydrogen-bond donors (Lipinski definition) is 1. The molecule has 1 rings (SSSR count). The van der Waals surface area contributed by atoms with Crippen molar-refractivity contribution in [3.05, 3.63) is 23.7 Å². The lowest BCUT2D eigenvalue weighted by Crippen LogP contribution is -2.28. The van der Waals surface area contributed by atoms with Gasteiger partial charge in [-0.2, -0.15) is 0 Å². The Morgan fingerprint density at radius 3 is 2.61 bits per heavy atom. The molecule has 1 aromatic rings. The van der Waals surface area contributed by atoms with Crippen LogP contribution in [-0.4, -0.2) is 24.5 Å². The van der Waals surface area contributed by atoms with Gasteiger partial charge in [0.25, 0.3) is 0 Å². The van der Waals surface area contributed by atoms with E-state index in [1.54, 1.807) is 0 Å². The molecule has 0 amide bonds. The fourth-order valence-electron chi connectivity index (χ4n) is 2.03. The molecule has 0 aliphatic heterocycles. The first-order valence-electron chi connectivity index (χ1n) is 7.15. The first kappa shape index (κ1) is 15.3. The van der Waals surface area contributed by atoms with Crippen molar-refractivity contribution in [1.29, 1.82) is 0 Å². The summed E-state index contributed by atoms with van der Waals surface area (Å²) in [6, 6.07) is 4.79. The summed E-state index contributed by atoms with van der Waals surface area (Å²) < 4.78 is 5.83. The summed E-state index contributed by atoms with van der Waals surface area (Å²) in [7, 11) is 2.16. The van der Waals surface area contributed by atoms with Gasteiger partial charge in [0.2, 0.25) is 0 Å². The number of nitrogens with one attached hydrogen (secondary N) is 1. The zero-order valence-electron chi connectivity index (χ0n) is 12.3. The van der Waals surface area contributed by atoms with Gasteiger partial charge in [0.15, 0.2) is 0 Å². The van der Waals surface area contributed by atoms with Crippen molar-refractivity contribution in [2.24, 2.45) is 0 Å². The molecule has 3 nitrogen and oxygen atoms in total. The van der Waals surface area contributed by atoms with E-state index in [-0.39, 0.29) is 0 Å². The van der Waals surface area contributed by atoms with Crippen LogP contribution in [-0.2, 0) is 13.1 Å². The van der Waals surface area contributed by atoms with E-state index in [2.05, 4.69) is 50.2 Å². The molecule has 0 aliphatic carbocycles. The van der Waals surface area contributed by atoms with E-state index in [0.717, 1.165) is 37.6 Å². The Labute approximate surface area is 112 Å². The van der Waals surface area contributed by atoms with E-state index < -0.39 is 0 Å². The summed E-state index contributed by atoms with van der Waals surface area (Å²) in [5.74, 6) is 2.10. The van der Waals surface area contributed by atoms with Gasteiger partial charge in [-0.1, -0.05) is 20.3 Å². The van der Waals surface area contributed by atoms with Crippen molar-refractivity contribution < 1.29 is 4.42 Å². The predicted octanol–water partition coefficient (Wildman–Crippen LogP) is 3.40. The molecule has 1 heterocycles. The standard InChI is InChI=1S/C15H28N2O/c1-5-7-13(3)17(4)12-15-9-8-14(18-15)11-16-10-6-2/h8-9,13,16H,5-7,10-12H2,1-4H3. The molecule has 0 spiro atoms. The molecule has 18 heavy (non-hydrogen) atoms. The summed E-state index contributed by atoms with van der Waals surface area (Å²) >= 11 is 0. The first-order valence-corrected chi connectivity index (χ1v) is 7.15. The highest BCUT2D eigenvalue weighted by Crippen LogP contribution is 2.13. The molecule has 0 saturated heterocycles. The van der Waals surface area contributed by atoms with Gasteiger partial charge in [0, 0.05) is 6.04 Å². The fraction of sp³-hybridized carbons (Fsp3) is 0.733. The minimum Gasteiger partial charge on any atom is -0.463 e. The van der Waals surface area contributed by atoms with Crippen LogP contribution in [0.4, 0.5) is 0 Å². The van der Waals surface area contributed by atoms with E-state index >= 15 is 0 Å². The second-order valence-corrected chi connectivity index (χ2v) is 5.10. The Morgan fingerprint density at radius 2 is 1.94 bits per heavy atom. The SMILES string of the molecule is CCCNCc1ccc(CN(C)C(C)CCC)o1. The summed E-state index contributed by atoms with van der Waals surface area (Å²) in [6.07, 6.45) is 3.63. The highest BCUT2D eigenvalue weighted by Gasteiger charge is 2.10. The second-order valence-electron chi connectivity index (χ2n) is 5.10. The molecule has 1 atom stereocenters. The molecule has 1 N–H and O–H groups in total. The lowest BCUT2D eigenvalue weighted by atomic mass is 10.2. The van der Waals surface area contributed by atoms with Gasteiger partial charge >= 0.3 is 0 Å². The van der Waals surface area contributed by atoms with Crippen LogP contribution in [0.2, 0.25) is 0 Å². The zero-order valence-corrected chi connectivity index (χ0v) is 12.3. The average Bonchev–Trinajstić information content (AvgIpc) is 2.77. The van der Waals surface area contributed by atoms with Crippen molar-refractivity contribution in [3.63, 3.8) is 0 Å². The van der Waals surface area contributed by atoms with Crippen molar-refractivity contribution >= 4 is 0 Å². The van der Waals surface area contributed by atoms with Crippen LogP contribution in [0.5, 0.6) is 0 Å². The molecule has 0 saturated carbocycles. The van der Waals surface area contributed by atoms with Gasteiger partial charge in [-0.3, -0.25) is 4.90 Å². The molecule has 0 radical (unpaired) electrons. The lowest BCUT2D eigenvalue weighted by molar-refractivity contribution is 0.217. The maximum absolute atomic E-state index is 5.83. The van der Waals surface area contributed by atoms with E-state index in [1.165, 1.54) is 12.8 Å². The largest absolute Gasteiger partial charge is 0.463 e. The maximum Gasteiger partial charge on any atom is 0.118 e.